The average molecular weight is 276 g/mol. The Morgan fingerprint density at radius 1 is 1.45 bits per heavy atom. The summed E-state index contributed by atoms with van der Waals surface area (Å²) >= 11 is 0. The molecule has 1 heterocycles. The summed E-state index contributed by atoms with van der Waals surface area (Å²) in [6.45, 7) is 5.63. The van der Waals surface area contributed by atoms with E-state index in [-0.39, 0.29) is 17.7 Å². The first-order valence-electron chi connectivity index (χ1n) is 6.26. The molecule has 0 saturated heterocycles. The molecule has 20 heavy (non-hydrogen) atoms. The fourth-order valence-electron chi connectivity index (χ4n) is 1.85. The van der Waals surface area contributed by atoms with Crippen LogP contribution in [-0.4, -0.2) is 15.7 Å². The molecule has 6 heteroatoms. The summed E-state index contributed by atoms with van der Waals surface area (Å²) < 4.78 is 20.5. The Balaban J connectivity index is 2.31. The first-order valence-corrected chi connectivity index (χ1v) is 6.26. The highest BCUT2D eigenvalue weighted by Gasteiger charge is 2.15. The molecule has 2 aromatic rings. The highest BCUT2D eigenvalue weighted by molar-refractivity contribution is 5.91. The molecule has 0 aliphatic rings. The van der Waals surface area contributed by atoms with Crippen LogP contribution in [0.4, 0.5) is 10.1 Å². The van der Waals surface area contributed by atoms with Gasteiger partial charge in [-0.25, -0.2) is 4.39 Å². The summed E-state index contributed by atoms with van der Waals surface area (Å²) in [5.41, 5.74) is 7.12. The van der Waals surface area contributed by atoms with Crippen molar-refractivity contribution in [1.29, 1.82) is 5.41 Å². The second-order valence-corrected chi connectivity index (χ2v) is 4.80. The van der Waals surface area contributed by atoms with E-state index < -0.39 is 5.82 Å². The summed E-state index contributed by atoms with van der Waals surface area (Å²) in [5.74, 6) is -0.346. The smallest absolute Gasteiger partial charge is 0.237 e. The van der Waals surface area contributed by atoms with Crippen molar-refractivity contribution in [3.05, 3.63) is 41.5 Å². The van der Waals surface area contributed by atoms with Crippen LogP contribution in [-0.2, 0) is 0 Å². The first-order chi connectivity index (χ1) is 9.40. The van der Waals surface area contributed by atoms with Crippen LogP contribution in [0, 0.1) is 18.2 Å². The van der Waals surface area contributed by atoms with Crippen molar-refractivity contribution in [3.63, 3.8) is 0 Å². The van der Waals surface area contributed by atoms with Crippen molar-refractivity contribution < 1.29 is 9.13 Å². The number of nitrogens with zero attached hydrogens (tertiary/aromatic N) is 2. The number of aromatic nitrogens is 2. The van der Waals surface area contributed by atoms with Gasteiger partial charge in [0.1, 0.15) is 17.3 Å². The maximum absolute atomic E-state index is 13.4. The van der Waals surface area contributed by atoms with Gasteiger partial charge in [-0.15, -0.1) is 0 Å². The van der Waals surface area contributed by atoms with E-state index in [2.05, 4.69) is 5.10 Å². The number of nitrogen functional groups attached to an aromatic ring is 1. The standard InChI is InChI=1S/C14H17FN4O/c1-8(2)19-12(4-5-18-19)14(17)20-13-7-10(15)6-11(16)9(13)3/h4-8,17H,16H2,1-3H3. The van der Waals surface area contributed by atoms with E-state index in [0.717, 1.165) is 0 Å². The van der Waals surface area contributed by atoms with Crippen LogP contribution in [0.25, 0.3) is 0 Å². The van der Waals surface area contributed by atoms with Gasteiger partial charge < -0.3 is 10.5 Å². The van der Waals surface area contributed by atoms with Gasteiger partial charge in [0, 0.05) is 29.6 Å². The maximum Gasteiger partial charge on any atom is 0.237 e. The normalized spacial score (nSPS) is 10.8. The summed E-state index contributed by atoms with van der Waals surface area (Å²) in [4.78, 5) is 0. The highest BCUT2D eigenvalue weighted by atomic mass is 19.1. The average Bonchev–Trinajstić information content (AvgIpc) is 2.84. The SMILES string of the molecule is Cc1c(N)cc(F)cc1OC(=N)c1ccnn1C(C)C. The lowest BCUT2D eigenvalue weighted by molar-refractivity contribution is 0.494. The highest BCUT2D eigenvalue weighted by Crippen LogP contribution is 2.26. The summed E-state index contributed by atoms with van der Waals surface area (Å²) in [6, 6.07) is 4.23. The van der Waals surface area contributed by atoms with E-state index in [1.165, 1.54) is 12.1 Å². The van der Waals surface area contributed by atoms with Crippen LogP contribution in [0.5, 0.6) is 5.75 Å². The number of rotatable bonds is 3. The minimum absolute atomic E-state index is 0.0932. The molecule has 0 radical (unpaired) electrons. The number of hydrogen-bond acceptors (Lipinski definition) is 4. The van der Waals surface area contributed by atoms with Crippen molar-refractivity contribution in [1.82, 2.24) is 9.78 Å². The second kappa shape index (κ2) is 5.32. The van der Waals surface area contributed by atoms with Crippen molar-refractivity contribution >= 4 is 11.6 Å². The summed E-state index contributed by atoms with van der Waals surface area (Å²) in [5, 5.41) is 12.1. The van der Waals surface area contributed by atoms with Gasteiger partial charge in [0.05, 0.1) is 0 Å². The molecule has 0 aliphatic carbocycles. The molecule has 0 spiro atoms. The van der Waals surface area contributed by atoms with Crippen LogP contribution < -0.4 is 10.5 Å². The zero-order valence-electron chi connectivity index (χ0n) is 11.6. The fourth-order valence-corrected chi connectivity index (χ4v) is 1.85. The number of halogens is 1. The largest absolute Gasteiger partial charge is 0.437 e. The third-order valence-electron chi connectivity index (χ3n) is 2.97. The number of ether oxygens (including phenoxy) is 1. The van der Waals surface area contributed by atoms with E-state index in [4.69, 9.17) is 15.9 Å². The number of benzene rings is 1. The van der Waals surface area contributed by atoms with Gasteiger partial charge in [0.2, 0.25) is 5.90 Å². The van der Waals surface area contributed by atoms with Crippen molar-refractivity contribution in [2.24, 2.45) is 0 Å². The third-order valence-corrected chi connectivity index (χ3v) is 2.97. The van der Waals surface area contributed by atoms with Crippen molar-refractivity contribution in [2.45, 2.75) is 26.8 Å². The second-order valence-electron chi connectivity index (χ2n) is 4.80. The molecule has 1 aromatic carbocycles. The van der Waals surface area contributed by atoms with Crippen LogP contribution >= 0.6 is 0 Å². The Morgan fingerprint density at radius 3 is 2.80 bits per heavy atom. The van der Waals surface area contributed by atoms with Crippen molar-refractivity contribution in [3.8, 4) is 5.75 Å². The van der Waals surface area contributed by atoms with Crippen LogP contribution in [0.15, 0.2) is 24.4 Å². The maximum atomic E-state index is 13.4. The molecule has 0 aliphatic heterocycles. The molecular weight excluding hydrogens is 259 g/mol. The number of nitrogens with two attached hydrogens (primary N) is 1. The van der Waals surface area contributed by atoms with Gasteiger partial charge >= 0.3 is 0 Å². The van der Waals surface area contributed by atoms with Gasteiger partial charge in [-0.3, -0.25) is 10.1 Å². The molecule has 0 fully saturated rings. The predicted octanol–water partition coefficient (Wildman–Crippen LogP) is 2.90. The lowest BCUT2D eigenvalue weighted by Gasteiger charge is -2.14. The van der Waals surface area contributed by atoms with E-state index in [1.54, 1.807) is 23.9 Å². The third kappa shape index (κ3) is 2.64. The molecule has 0 atom stereocenters. The van der Waals surface area contributed by atoms with Gasteiger partial charge in [0.15, 0.2) is 0 Å². The first kappa shape index (κ1) is 14.0. The number of anilines is 1. The van der Waals surface area contributed by atoms with Crippen molar-refractivity contribution in [2.75, 3.05) is 5.73 Å². The summed E-state index contributed by atoms with van der Waals surface area (Å²) in [7, 11) is 0. The molecule has 0 amide bonds. The van der Waals surface area contributed by atoms with E-state index in [1.807, 2.05) is 13.8 Å². The monoisotopic (exact) mass is 276 g/mol. The van der Waals surface area contributed by atoms with Gasteiger partial charge in [-0.05, 0) is 32.9 Å². The number of hydrogen-bond donors (Lipinski definition) is 2. The minimum Gasteiger partial charge on any atom is -0.437 e. The molecule has 0 unspecified atom stereocenters. The van der Waals surface area contributed by atoms with Crippen LogP contribution in [0.2, 0.25) is 0 Å². The molecule has 106 valence electrons. The zero-order chi connectivity index (χ0) is 14.9. The number of nitrogens with one attached hydrogen (secondary N) is 1. The lowest BCUT2D eigenvalue weighted by atomic mass is 10.2. The molecule has 0 saturated carbocycles. The predicted molar refractivity (Wildman–Crippen MR) is 75.6 cm³/mol. The Bertz CT molecular complexity index is 649. The van der Waals surface area contributed by atoms with Gasteiger partial charge in [-0.2, -0.15) is 5.10 Å². The van der Waals surface area contributed by atoms with E-state index >= 15 is 0 Å². The molecule has 5 nitrogen and oxygen atoms in total. The van der Waals surface area contributed by atoms with Crippen LogP contribution in [0.3, 0.4) is 0 Å². The molecular formula is C14H17FN4O. The molecule has 2 rings (SSSR count). The molecule has 3 N–H and O–H groups in total. The Kier molecular flexibility index (Phi) is 3.74. The van der Waals surface area contributed by atoms with E-state index in [0.29, 0.717) is 16.9 Å². The van der Waals surface area contributed by atoms with Gasteiger partial charge in [0.25, 0.3) is 0 Å². The molecule has 1 aromatic heterocycles. The van der Waals surface area contributed by atoms with Gasteiger partial charge in [-0.1, -0.05) is 0 Å². The fraction of sp³-hybridized carbons (Fsp3) is 0.286. The molecule has 0 bridgehead atoms. The zero-order valence-corrected chi connectivity index (χ0v) is 11.6. The minimum atomic E-state index is -0.492. The Morgan fingerprint density at radius 2 is 2.15 bits per heavy atom. The topological polar surface area (TPSA) is 76.9 Å². The summed E-state index contributed by atoms with van der Waals surface area (Å²) in [6.07, 6.45) is 1.60. The van der Waals surface area contributed by atoms with Crippen LogP contribution in [0.1, 0.15) is 31.1 Å². The van der Waals surface area contributed by atoms with E-state index in [9.17, 15) is 4.39 Å². The Labute approximate surface area is 116 Å². The Hall–Kier alpha value is -2.37. The quantitative estimate of drug-likeness (QED) is 0.514. The lowest BCUT2D eigenvalue weighted by Crippen LogP contribution is -2.17.